The Morgan fingerprint density at radius 2 is 1.94 bits per heavy atom. The Labute approximate surface area is 115 Å². The fraction of sp³-hybridized carbons (Fsp3) is 0.533. The van der Waals surface area contributed by atoms with E-state index in [4.69, 9.17) is 0 Å². The monoisotopic (exact) mass is 265 g/mol. The molecule has 0 radical (unpaired) electrons. The van der Waals surface area contributed by atoms with E-state index in [9.17, 15) is 4.79 Å². The number of aryl methyl sites for hydroxylation is 1. The van der Waals surface area contributed by atoms with E-state index in [0.29, 0.717) is 12.5 Å². The van der Waals surface area contributed by atoms with Crippen LogP contribution in [0.5, 0.6) is 0 Å². The highest BCUT2D eigenvalue weighted by atomic mass is 32.2. The van der Waals surface area contributed by atoms with Crippen LogP contribution in [0.3, 0.4) is 0 Å². The minimum atomic E-state index is 0.234. The van der Waals surface area contributed by atoms with Crippen LogP contribution in [-0.4, -0.2) is 42.3 Å². The van der Waals surface area contributed by atoms with Gasteiger partial charge in [0.1, 0.15) is 0 Å². The molecule has 2 nitrogen and oxygen atoms in total. The first kappa shape index (κ1) is 15.3. The molecule has 0 spiro atoms. The summed E-state index contributed by atoms with van der Waals surface area (Å²) < 4.78 is 0. The van der Waals surface area contributed by atoms with Crippen molar-refractivity contribution in [2.24, 2.45) is 0 Å². The van der Waals surface area contributed by atoms with E-state index in [-0.39, 0.29) is 5.78 Å². The van der Waals surface area contributed by atoms with E-state index < -0.39 is 0 Å². The van der Waals surface area contributed by atoms with Crippen molar-refractivity contribution in [1.29, 1.82) is 0 Å². The third kappa shape index (κ3) is 4.83. The molecule has 0 aliphatic rings. The lowest BCUT2D eigenvalue weighted by Crippen LogP contribution is -2.32. The highest BCUT2D eigenvalue weighted by Gasteiger charge is 2.11. The fourth-order valence-corrected chi connectivity index (χ4v) is 2.49. The second-order valence-corrected chi connectivity index (χ2v) is 5.73. The molecule has 0 fully saturated rings. The van der Waals surface area contributed by atoms with E-state index >= 15 is 0 Å². The lowest BCUT2D eigenvalue weighted by atomic mass is 10.1. The van der Waals surface area contributed by atoms with Crippen molar-refractivity contribution in [3.05, 3.63) is 35.4 Å². The van der Waals surface area contributed by atoms with Crippen LogP contribution in [0.25, 0.3) is 0 Å². The quantitative estimate of drug-likeness (QED) is 0.706. The van der Waals surface area contributed by atoms with Crippen LogP contribution in [0.4, 0.5) is 0 Å². The lowest BCUT2D eigenvalue weighted by molar-refractivity contribution is 0.0964. The number of rotatable bonds is 7. The lowest BCUT2D eigenvalue weighted by Gasteiger charge is -2.23. The average Bonchev–Trinajstić information content (AvgIpc) is 2.36. The smallest absolute Gasteiger partial charge is 0.164 e. The van der Waals surface area contributed by atoms with Crippen LogP contribution in [0.15, 0.2) is 24.3 Å². The topological polar surface area (TPSA) is 20.3 Å². The number of carbonyl (C=O) groups excluding carboxylic acids is 1. The van der Waals surface area contributed by atoms with Crippen molar-refractivity contribution in [3.63, 3.8) is 0 Å². The summed E-state index contributed by atoms with van der Waals surface area (Å²) in [5.74, 6) is 1.34. The Hall–Kier alpha value is -0.800. The average molecular weight is 265 g/mol. The molecule has 0 saturated heterocycles. The van der Waals surface area contributed by atoms with Crippen molar-refractivity contribution < 1.29 is 4.79 Å². The predicted octanol–water partition coefficient (Wildman–Crippen LogP) is 3.25. The first-order valence-electron chi connectivity index (χ1n) is 6.33. The molecule has 0 saturated carbocycles. The van der Waals surface area contributed by atoms with Crippen molar-refractivity contribution >= 4 is 17.5 Å². The number of hydrogen-bond donors (Lipinski definition) is 0. The number of benzene rings is 1. The third-order valence-electron chi connectivity index (χ3n) is 3.23. The van der Waals surface area contributed by atoms with Gasteiger partial charge >= 0.3 is 0 Å². The molecule has 1 unspecified atom stereocenters. The zero-order valence-corrected chi connectivity index (χ0v) is 12.6. The van der Waals surface area contributed by atoms with Crippen LogP contribution in [0.2, 0.25) is 0 Å². The summed E-state index contributed by atoms with van der Waals surface area (Å²) in [4.78, 5) is 14.3. The van der Waals surface area contributed by atoms with Gasteiger partial charge in [0.25, 0.3) is 0 Å². The van der Waals surface area contributed by atoms with Crippen molar-refractivity contribution in [1.82, 2.24) is 4.90 Å². The zero-order valence-electron chi connectivity index (χ0n) is 11.8. The summed E-state index contributed by atoms with van der Waals surface area (Å²) >= 11 is 1.84. The number of thioether (sulfide) groups is 1. The molecule has 0 aromatic heterocycles. The molecule has 0 bridgehead atoms. The van der Waals surface area contributed by atoms with Crippen molar-refractivity contribution in [2.45, 2.75) is 26.3 Å². The molecule has 0 amide bonds. The highest BCUT2D eigenvalue weighted by Crippen LogP contribution is 2.08. The van der Waals surface area contributed by atoms with E-state index in [2.05, 4.69) is 25.1 Å². The summed E-state index contributed by atoms with van der Waals surface area (Å²) in [6, 6.07) is 8.35. The highest BCUT2D eigenvalue weighted by molar-refractivity contribution is 7.98. The summed E-state index contributed by atoms with van der Waals surface area (Å²) in [5.41, 5.74) is 2.02. The van der Waals surface area contributed by atoms with Gasteiger partial charge in [-0.1, -0.05) is 29.8 Å². The van der Waals surface area contributed by atoms with Crippen LogP contribution in [-0.2, 0) is 0 Å². The van der Waals surface area contributed by atoms with E-state index in [1.807, 2.05) is 43.0 Å². The summed E-state index contributed by atoms with van der Waals surface area (Å²) in [6.07, 6.45) is 2.71. The van der Waals surface area contributed by atoms with Crippen molar-refractivity contribution in [3.8, 4) is 0 Å². The van der Waals surface area contributed by atoms with Gasteiger partial charge in [0.15, 0.2) is 5.78 Å². The Bertz CT molecular complexity index is 375. The van der Waals surface area contributed by atoms with Gasteiger partial charge in [-0.2, -0.15) is 11.8 Å². The van der Waals surface area contributed by atoms with Crippen LogP contribution in [0.1, 0.15) is 29.3 Å². The van der Waals surface area contributed by atoms with Gasteiger partial charge in [-0.05, 0) is 27.2 Å². The Morgan fingerprint density at radius 3 is 2.50 bits per heavy atom. The molecular weight excluding hydrogens is 242 g/mol. The maximum absolute atomic E-state index is 12.0. The second kappa shape index (κ2) is 7.59. The van der Waals surface area contributed by atoms with Crippen LogP contribution in [0, 0.1) is 6.92 Å². The Morgan fingerprint density at radius 1 is 1.33 bits per heavy atom. The summed E-state index contributed by atoms with van der Waals surface area (Å²) in [5, 5.41) is 0. The van der Waals surface area contributed by atoms with Gasteiger partial charge in [0, 0.05) is 30.3 Å². The number of carbonyl (C=O) groups is 1. The molecule has 0 heterocycles. The SMILES string of the molecule is CSCC(C)N(C)CCC(=O)c1ccc(C)cc1. The molecule has 100 valence electrons. The van der Waals surface area contributed by atoms with E-state index in [1.54, 1.807) is 0 Å². The molecule has 1 rings (SSSR count). The molecule has 0 N–H and O–H groups in total. The fourth-order valence-electron chi connectivity index (χ4n) is 1.75. The normalized spacial score (nSPS) is 12.7. The van der Waals surface area contributed by atoms with Gasteiger partial charge in [0.2, 0.25) is 0 Å². The summed E-state index contributed by atoms with van der Waals surface area (Å²) in [6.45, 7) is 5.06. The summed E-state index contributed by atoms with van der Waals surface area (Å²) in [7, 11) is 2.09. The predicted molar refractivity (Wildman–Crippen MR) is 80.6 cm³/mol. The van der Waals surface area contributed by atoms with Gasteiger partial charge < -0.3 is 4.90 Å². The van der Waals surface area contributed by atoms with Gasteiger partial charge in [-0.3, -0.25) is 4.79 Å². The van der Waals surface area contributed by atoms with Crippen molar-refractivity contribution in [2.75, 3.05) is 25.6 Å². The number of Topliss-reactive ketones (excluding diaryl/α,β-unsaturated/α-hetero) is 1. The third-order valence-corrected chi connectivity index (χ3v) is 4.04. The largest absolute Gasteiger partial charge is 0.302 e. The first-order valence-corrected chi connectivity index (χ1v) is 7.73. The van der Waals surface area contributed by atoms with Gasteiger partial charge in [-0.15, -0.1) is 0 Å². The van der Waals surface area contributed by atoms with Gasteiger partial charge in [0.05, 0.1) is 0 Å². The standard InChI is InChI=1S/C15H23NOS/c1-12-5-7-14(8-6-12)15(17)9-10-16(3)13(2)11-18-4/h5-8,13H,9-11H2,1-4H3. The molecule has 3 heteroatoms. The Kier molecular flexibility index (Phi) is 6.44. The maximum atomic E-state index is 12.0. The second-order valence-electron chi connectivity index (χ2n) is 4.82. The zero-order chi connectivity index (χ0) is 13.5. The molecule has 0 aliphatic heterocycles. The molecule has 0 aliphatic carbocycles. The van der Waals surface area contributed by atoms with Gasteiger partial charge in [-0.25, -0.2) is 0 Å². The van der Waals surface area contributed by atoms with E-state index in [0.717, 1.165) is 17.9 Å². The number of hydrogen-bond acceptors (Lipinski definition) is 3. The molecule has 18 heavy (non-hydrogen) atoms. The minimum absolute atomic E-state index is 0.234. The number of nitrogens with zero attached hydrogens (tertiary/aromatic N) is 1. The van der Waals surface area contributed by atoms with Crippen LogP contribution >= 0.6 is 11.8 Å². The first-order chi connectivity index (χ1) is 8.54. The Balaban J connectivity index is 2.43. The molecule has 1 aromatic rings. The molecule has 1 atom stereocenters. The molecular formula is C15H23NOS. The van der Waals surface area contributed by atoms with E-state index in [1.165, 1.54) is 5.56 Å². The molecule has 1 aromatic carbocycles. The number of ketones is 1. The minimum Gasteiger partial charge on any atom is -0.302 e. The van der Waals surface area contributed by atoms with Crippen LogP contribution < -0.4 is 0 Å². The maximum Gasteiger partial charge on any atom is 0.164 e.